The average molecular weight is 174 g/mol. The minimum atomic E-state index is 0.261. The van der Waals surface area contributed by atoms with Gasteiger partial charge in [-0.1, -0.05) is 12.1 Å². The van der Waals surface area contributed by atoms with Gasteiger partial charge < -0.3 is 4.52 Å². The Morgan fingerprint density at radius 1 is 1.73 bits per heavy atom. The van der Waals surface area contributed by atoms with Gasteiger partial charge in [-0.2, -0.15) is 16.7 Å². The Morgan fingerprint density at radius 2 is 2.55 bits per heavy atom. The summed E-state index contributed by atoms with van der Waals surface area (Å²) in [6, 6.07) is 0.261. The third-order valence-corrected chi connectivity index (χ3v) is 1.90. The minimum Gasteiger partial charge on any atom is -0.314 e. The SMILES string of the molecule is CCSCc1noc(NN)n1. The molecule has 5 nitrogen and oxygen atoms in total. The first kappa shape index (κ1) is 8.35. The summed E-state index contributed by atoms with van der Waals surface area (Å²) in [6.07, 6.45) is 0. The van der Waals surface area contributed by atoms with Crippen molar-refractivity contribution in [2.24, 2.45) is 5.84 Å². The Morgan fingerprint density at radius 3 is 3.09 bits per heavy atom. The second-order valence-corrected chi connectivity index (χ2v) is 3.07. The van der Waals surface area contributed by atoms with Crippen LogP contribution in [0.4, 0.5) is 6.01 Å². The molecule has 1 heterocycles. The summed E-state index contributed by atoms with van der Waals surface area (Å²) in [7, 11) is 0. The normalized spacial score (nSPS) is 10.0. The predicted octanol–water partition coefficient (Wildman–Crippen LogP) is 0.608. The molecule has 1 aromatic rings. The lowest BCUT2D eigenvalue weighted by Gasteiger charge is -1.88. The number of nitrogens with one attached hydrogen (secondary N) is 1. The molecule has 1 rings (SSSR count). The van der Waals surface area contributed by atoms with Crippen LogP contribution in [0.25, 0.3) is 0 Å². The maximum absolute atomic E-state index is 5.04. The molecule has 0 aliphatic heterocycles. The minimum absolute atomic E-state index is 0.261. The molecule has 0 saturated carbocycles. The highest BCUT2D eigenvalue weighted by atomic mass is 32.2. The maximum atomic E-state index is 5.04. The summed E-state index contributed by atoms with van der Waals surface area (Å²) in [4.78, 5) is 3.93. The van der Waals surface area contributed by atoms with Gasteiger partial charge in [0.05, 0.1) is 5.75 Å². The third-order valence-electron chi connectivity index (χ3n) is 1.03. The molecule has 0 fully saturated rings. The van der Waals surface area contributed by atoms with Gasteiger partial charge in [0.25, 0.3) is 0 Å². The van der Waals surface area contributed by atoms with Gasteiger partial charge in [0.2, 0.25) is 0 Å². The number of nitrogens with two attached hydrogens (primary N) is 1. The van der Waals surface area contributed by atoms with Gasteiger partial charge in [0, 0.05) is 0 Å². The van der Waals surface area contributed by atoms with Crippen LogP contribution >= 0.6 is 11.8 Å². The molecule has 62 valence electrons. The lowest BCUT2D eigenvalue weighted by Crippen LogP contribution is -2.06. The molecule has 0 aliphatic carbocycles. The number of anilines is 1. The first-order chi connectivity index (χ1) is 5.36. The number of nitrogen functional groups attached to an aromatic ring is 1. The molecule has 6 heteroatoms. The van der Waals surface area contributed by atoms with Gasteiger partial charge in [-0.15, -0.1) is 0 Å². The standard InChI is InChI=1S/C5H10N4OS/c1-2-11-3-4-7-5(8-6)10-9-4/h2-3,6H2,1H3,(H,7,8,9). The van der Waals surface area contributed by atoms with E-state index in [0.717, 1.165) is 11.5 Å². The van der Waals surface area contributed by atoms with Crippen molar-refractivity contribution in [1.29, 1.82) is 0 Å². The van der Waals surface area contributed by atoms with Crippen LogP contribution in [0.3, 0.4) is 0 Å². The van der Waals surface area contributed by atoms with E-state index in [2.05, 4.69) is 22.5 Å². The number of rotatable bonds is 4. The van der Waals surface area contributed by atoms with Crippen molar-refractivity contribution in [2.75, 3.05) is 11.2 Å². The van der Waals surface area contributed by atoms with Gasteiger partial charge in [0.1, 0.15) is 0 Å². The molecule has 0 spiro atoms. The van der Waals surface area contributed by atoms with Gasteiger partial charge in [0.15, 0.2) is 5.82 Å². The Bertz CT molecular complexity index is 214. The molecular formula is C5H10N4OS. The molecule has 0 bridgehead atoms. The van der Waals surface area contributed by atoms with Crippen LogP contribution in [-0.4, -0.2) is 15.9 Å². The second-order valence-electron chi connectivity index (χ2n) is 1.80. The van der Waals surface area contributed by atoms with Gasteiger partial charge in [-0.25, -0.2) is 5.84 Å². The molecule has 3 N–H and O–H groups in total. The van der Waals surface area contributed by atoms with Crippen LogP contribution in [0, 0.1) is 0 Å². The predicted molar refractivity (Wildman–Crippen MR) is 43.9 cm³/mol. The molecule has 0 radical (unpaired) electrons. The quantitative estimate of drug-likeness (QED) is 0.514. The van der Waals surface area contributed by atoms with E-state index in [-0.39, 0.29) is 6.01 Å². The molecule has 0 unspecified atom stereocenters. The van der Waals surface area contributed by atoms with E-state index < -0.39 is 0 Å². The van der Waals surface area contributed by atoms with Crippen LogP contribution in [0.15, 0.2) is 4.52 Å². The lowest BCUT2D eigenvalue weighted by molar-refractivity contribution is 0.425. The molecule has 1 aromatic heterocycles. The third kappa shape index (κ3) is 2.39. The van der Waals surface area contributed by atoms with Crippen molar-refractivity contribution < 1.29 is 4.52 Å². The zero-order valence-corrected chi connectivity index (χ0v) is 7.02. The smallest absolute Gasteiger partial charge is 0.314 e. The van der Waals surface area contributed by atoms with Gasteiger partial charge in [-0.3, -0.25) is 5.43 Å². The van der Waals surface area contributed by atoms with E-state index in [1.54, 1.807) is 11.8 Å². The molecule has 0 aromatic carbocycles. The van der Waals surface area contributed by atoms with Crippen LogP contribution in [0.2, 0.25) is 0 Å². The molecule has 0 atom stereocenters. The summed E-state index contributed by atoms with van der Waals surface area (Å²) in [5.74, 6) is 7.52. The number of hydrogen-bond acceptors (Lipinski definition) is 6. The van der Waals surface area contributed by atoms with E-state index in [1.807, 2.05) is 0 Å². The first-order valence-corrected chi connectivity index (χ1v) is 4.39. The van der Waals surface area contributed by atoms with Crippen LogP contribution < -0.4 is 11.3 Å². The van der Waals surface area contributed by atoms with Crippen molar-refractivity contribution in [3.8, 4) is 0 Å². The summed E-state index contributed by atoms with van der Waals surface area (Å²) in [6.45, 7) is 2.08. The van der Waals surface area contributed by atoms with Crippen LogP contribution in [-0.2, 0) is 5.75 Å². The molecular weight excluding hydrogens is 164 g/mol. The Balaban J connectivity index is 2.44. The highest BCUT2D eigenvalue weighted by molar-refractivity contribution is 7.98. The summed E-state index contributed by atoms with van der Waals surface area (Å²) in [5.41, 5.74) is 2.27. The van der Waals surface area contributed by atoms with Crippen molar-refractivity contribution in [2.45, 2.75) is 12.7 Å². The van der Waals surface area contributed by atoms with Crippen LogP contribution in [0.1, 0.15) is 12.7 Å². The molecule has 0 aliphatic rings. The van der Waals surface area contributed by atoms with E-state index >= 15 is 0 Å². The number of nitrogens with zero attached hydrogens (tertiary/aromatic N) is 2. The Labute approximate surface area is 68.7 Å². The van der Waals surface area contributed by atoms with Gasteiger partial charge >= 0.3 is 6.01 Å². The van der Waals surface area contributed by atoms with E-state index in [0.29, 0.717) is 5.82 Å². The topological polar surface area (TPSA) is 77.0 Å². The summed E-state index contributed by atoms with van der Waals surface area (Å²) >= 11 is 1.73. The Hall–Kier alpha value is -0.750. The second kappa shape index (κ2) is 4.20. The highest BCUT2D eigenvalue weighted by Crippen LogP contribution is 2.09. The van der Waals surface area contributed by atoms with E-state index in [9.17, 15) is 0 Å². The number of hydrazine groups is 1. The lowest BCUT2D eigenvalue weighted by atomic mass is 10.7. The van der Waals surface area contributed by atoms with E-state index in [4.69, 9.17) is 10.4 Å². The number of hydrogen-bond donors (Lipinski definition) is 2. The van der Waals surface area contributed by atoms with Crippen molar-refractivity contribution >= 4 is 17.8 Å². The average Bonchev–Trinajstić information content (AvgIpc) is 2.48. The Kier molecular flexibility index (Phi) is 3.18. The molecule has 11 heavy (non-hydrogen) atoms. The number of aromatic nitrogens is 2. The molecule has 0 saturated heterocycles. The first-order valence-electron chi connectivity index (χ1n) is 3.23. The summed E-state index contributed by atoms with van der Waals surface area (Å²) in [5, 5.41) is 3.68. The highest BCUT2D eigenvalue weighted by Gasteiger charge is 2.02. The zero-order valence-electron chi connectivity index (χ0n) is 6.20. The number of thioether (sulfide) groups is 1. The van der Waals surface area contributed by atoms with Gasteiger partial charge in [-0.05, 0) is 5.75 Å². The largest absolute Gasteiger partial charge is 0.335 e. The van der Waals surface area contributed by atoms with Crippen LogP contribution in [0.5, 0.6) is 0 Å². The van der Waals surface area contributed by atoms with Crippen molar-refractivity contribution in [3.63, 3.8) is 0 Å². The van der Waals surface area contributed by atoms with Crippen molar-refractivity contribution in [1.82, 2.24) is 10.1 Å². The fourth-order valence-corrected chi connectivity index (χ4v) is 1.07. The fraction of sp³-hybridized carbons (Fsp3) is 0.600. The molecule has 0 amide bonds. The zero-order chi connectivity index (χ0) is 8.10. The van der Waals surface area contributed by atoms with Crippen molar-refractivity contribution in [3.05, 3.63) is 5.82 Å². The maximum Gasteiger partial charge on any atom is 0.335 e. The monoisotopic (exact) mass is 174 g/mol. The summed E-state index contributed by atoms with van der Waals surface area (Å²) < 4.78 is 4.70. The van der Waals surface area contributed by atoms with E-state index in [1.165, 1.54) is 0 Å². The fourth-order valence-electron chi connectivity index (χ4n) is 0.565.